The molecule has 8 heteroatoms. The summed E-state index contributed by atoms with van der Waals surface area (Å²) in [4.78, 5) is 15.4. The van der Waals surface area contributed by atoms with Gasteiger partial charge in [0.2, 0.25) is 5.91 Å². The van der Waals surface area contributed by atoms with Crippen LogP contribution in [0.4, 0.5) is 5.82 Å². The molecule has 0 saturated carbocycles. The highest BCUT2D eigenvalue weighted by molar-refractivity contribution is 5.93. The number of nitriles is 1. The van der Waals surface area contributed by atoms with Gasteiger partial charge in [0.15, 0.2) is 0 Å². The Hall–Kier alpha value is -3.02. The van der Waals surface area contributed by atoms with Gasteiger partial charge in [0, 0.05) is 23.9 Å². The molecule has 1 aromatic heterocycles. The number of likely N-dealkylation sites (tertiary alicyclic amines) is 1. The number of anilines is 1. The Morgan fingerprint density at radius 3 is 2.74 bits per heavy atom. The Labute approximate surface area is 201 Å². The van der Waals surface area contributed by atoms with Gasteiger partial charge in [0.05, 0.1) is 39.0 Å². The summed E-state index contributed by atoms with van der Waals surface area (Å²) in [7, 11) is 3.31. The number of carbonyl (C=O) groups excluding carboxylic acids is 1. The normalized spacial score (nSPS) is 20.3. The predicted octanol–water partition coefficient (Wildman–Crippen LogP) is 3.95. The third-order valence-electron chi connectivity index (χ3n) is 7.12. The lowest BCUT2D eigenvalue weighted by molar-refractivity contribution is -0.117. The number of carbonyl (C=O) groups is 1. The van der Waals surface area contributed by atoms with Crippen LogP contribution in [0.25, 0.3) is 0 Å². The van der Waals surface area contributed by atoms with Gasteiger partial charge in [0.1, 0.15) is 23.4 Å². The van der Waals surface area contributed by atoms with Gasteiger partial charge < -0.3 is 24.1 Å². The van der Waals surface area contributed by atoms with Gasteiger partial charge in [0.25, 0.3) is 0 Å². The van der Waals surface area contributed by atoms with Gasteiger partial charge >= 0.3 is 0 Å². The molecule has 3 heterocycles. The van der Waals surface area contributed by atoms with Gasteiger partial charge in [-0.15, -0.1) is 0 Å². The Morgan fingerprint density at radius 2 is 2.06 bits per heavy atom. The second kappa shape index (κ2) is 10.5. The minimum absolute atomic E-state index is 0.0633. The van der Waals surface area contributed by atoms with Gasteiger partial charge in [-0.3, -0.25) is 9.69 Å². The first-order valence-electron chi connectivity index (χ1n) is 11.9. The van der Waals surface area contributed by atoms with Crippen LogP contribution >= 0.6 is 0 Å². The Kier molecular flexibility index (Phi) is 7.44. The number of nitrogens with one attached hydrogen (secondary N) is 1. The Morgan fingerprint density at radius 1 is 1.24 bits per heavy atom. The molecule has 2 aromatic rings. The average Bonchev–Trinajstić information content (AvgIpc) is 3.57. The van der Waals surface area contributed by atoms with Crippen molar-refractivity contribution in [1.82, 2.24) is 9.47 Å². The van der Waals surface area contributed by atoms with Crippen molar-refractivity contribution in [3.63, 3.8) is 0 Å². The van der Waals surface area contributed by atoms with E-state index in [9.17, 15) is 10.1 Å². The highest BCUT2D eigenvalue weighted by atomic mass is 16.5. The van der Waals surface area contributed by atoms with Crippen LogP contribution in [0.5, 0.6) is 11.5 Å². The molecular formula is C26H34N4O4. The fourth-order valence-corrected chi connectivity index (χ4v) is 5.17. The van der Waals surface area contributed by atoms with Crippen molar-refractivity contribution in [2.75, 3.05) is 39.2 Å². The number of hydrogen-bond acceptors (Lipinski definition) is 6. The van der Waals surface area contributed by atoms with Crippen molar-refractivity contribution in [1.29, 1.82) is 5.26 Å². The maximum absolute atomic E-state index is 13.2. The molecule has 4 rings (SSSR count). The molecule has 1 aromatic carbocycles. The first-order chi connectivity index (χ1) is 16.5. The third kappa shape index (κ3) is 4.77. The average molecular weight is 467 g/mol. The Bertz CT molecular complexity index is 1080. The van der Waals surface area contributed by atoms with Gasteiger partial charge in [-0.2, -0.15) is 5.26 Å². The van der Waals surface area contributed by atoms with Crippen LogP contribution in [-0.2, 0) is 16.1 Å². The van der Waals surface area contributed by atoms with E-state index >= 15 is 0 Å². The van der Waals surface area contributed by atoms with Crippen LogP contribution in [0.1, 0.15) is 54.1 Å². The summed E-state index contributed by atoms with van der Waals surface area (Å²) in [6.45, 7) is 6.38. The second-order valence-electron chi connectivity index (χ2n) is 9.08. The summed E-state index contributed by atoms with van der Waals surface area (Å²) < 4.78 is 18.9. The van der Waals surface area contributed by atoms with E-state index in [0.717, 1.165) is 67.2 Å². The molecule has 182 valence electrons. The van der Waals surface area contributed by atoms with E-state index in [1.807, 2.05) is 36.6 Å². The molecule has 2 aliphatic rings. The molecule has 0 bridgehead atoms. The lowest BCUT2D eigenvalue weighted by Gasteiger charge is -2.26. The largest absolute Gasteiger partial charge is 0.497 e. The number of rotatable bonds is 8. The van der Waals surface area contributed by atoms with E-state index < -0.39 is 0 Å². The summed E-state index contributed by atoms with van der Waals surface area (Å²) >= 11 is 0. The van der Waals surface area contributed by atoms with Crippen LogP contribution in [0.3, 0.4) is 0 Å². The number of amides is 1. The van der Waals surface area contributed by atoms with E-state index in [4.69, 9.17) is 14.2 Å². The summed E-state index contributed by atoms with van der Waals surface area (Å²) in [5.41, 5.74) is 3.44. The summed E-state index contributed by atoms with van der Waals surface area (Å²) in [6, 6.07) is 8.14. The van der Waals surface area contributed by atoms with E-state index in [1.165, 1.54) is 0 Å². The zero-order chi connectivity index (χ0) is 24.2. The lowest BCUT2D eigenvalue weighted by Crippen LogP contribution is -2.34. The van der Waals surface area contributed by atoms with Crippen molar-refractivity contribution in [2.24, 2.45) is 0 Å². The SMILES string of the molecule is COc1ccc(OC)c(C2CCCN2CC(=O)Nc2c(C#N)c(C)c(C)n2CC2CCCO2)c1. The zero-order valence-electron chi connectivity index (χ0n) is 20.5. The van der Waals surface area contributed by atoms with E-state index in [0.29, 0.717) is 17.9 Å². The van der Waals surface area contributed by atoms with Crippen LogP contribution in [0.15, 0.2) is 18.2 Å². The molecule has 0 aliphatic carbocycles. The molecule has 2 fully saturated rings. The summed E-state index contributed by atoms with van der Waals surface area (Å²) in [6.07, 6.45) is 4.07. The van der Waals surface area contributed by atoms with Crippen LogP contribution in [0, 0.1) is 25.2 Å². The quantitative estimate of drug-likeness (QED) is 0.634. The monoisotopic (exact) mass is 466 g/mol. The smallest absolute Gasteiger partial charge is 0.239 e. The lowest BCUT2D eigenvalue weighted by atomic mass is 10.0. The second-order valence-corrected chi connectivity index (χ2v) is 9.08. The molecule has 0 radical (unpaired) electrons. The van der Waals surface area contributed by atoms with Crippen LogP contribution in [-0.4, -0.2) is 55.4 Å². The highest BCUT2D eigenvalue weighted by Crippen LogP contribution is 2.39. The topological polar surface area (TPSA) is 88.8 Å². The number of methoxy groups -OCH3 is 2. The molecule has 1 amide bonds. The van der Waals surface area contributed by atoms with Gasteiger partial charge in [-0.05, 0) is 69.8 Å². The van der Waals surface area contributed by atoms with Crippen molar-refractivity contribution in [2.45, 2.75) is 58.2 Å². The van der Waals surface area contributed by atoms with Crippen molar-refractivity contribution in [3.8, 4) is 17.6 Å². The fourth-order valence-electron chi connectivity index (χ4n) is 5.17. The number of aromatic nitrogens is 1. The maximum atomic E-state index is 13.2. The number of nitrogens with zero attached hydrogens (tertiary/aromatic N) is 3. The van der Waals surface area contributed by atoms with E-state index in [-0.39, 0.29) is 24.6 Å². The van der Waals surface area contributed by atoms with Crippen LogP contribution < -0.4 is 14.8 Å². The number of benzene rings is 1. The van der Waals surface area contributed by atoms with Crippen molar-refractivity contribution >= 4 is 11.7 Å². The van der Waals surface area contributed by atoms with Gasteiger partial charge in [-0.1, -0.05) is 0 Å². The van der Waals surface area contributed by atoms with Crippen LogP contribution in [0.2, 0.25) is 0 Å². The third-order valence-corrected chi connectivity index (χ3v) is 7.12. The van der Waals surface area contributed by atoms with Crippen molar-refractivity contribution < 1.29 is 19.0 Å². The van der Waals surface area contributed by atoms with Crippen molar-refractivity contribution in [3.05, 3.63) is 40.6 Å². The molecule has 2 aliphatic heterocycles. The predicted molar refractivity (Wildman–Crippen MR) is 129 cm³/mol. The minimum Gasteiger partial charge on any atom is -0.497 e. The molecule has 1 N–H and O–H groups in total. The molecule has 0 spiro atoms. The minimum atomic E-state index is -0.128. The molecule has 34 heavy (non-hydrogen) atoms. The first-order valence-corrected chi connectivity index (χ1v) is 11.9. The van der Waals surface area contributed by atoms with E-state index in [1.54, 1.807) is 14.2 Å². The summed E-state index contributed by atoms with van der Waals surface area (Å²) in [5.74, 6) is 2.01. The summed E-state index contributed by atoms with van der Waals surface area (Å²) in [5, 5.41) is 12.9. The molecule has 2 unspecified atom stereocenters. The number of ether oxygens (including phenoxy) is 3. The molecule has 2 atom stereocenters. The zero-order valence-corrected chi connectivity index (χ0v) is 20.5. The van der Waals surface area contributed by atoms with Gasteiger partial charge in [-0.25, -0.2) is 0 Å². The van der Waals surface area contributed by atoms with E-state index in [2.05, 4.69) is 16.3 Å². The fraction of sp³-hybridized carbons (Fsp3) is 0.538. The first kappa shape index (κ1) is 24.1. The Balaban J connectivity index is 1.54. The maximum Gasteiger partial charge on any atom is 0.239 e. The number of hydrogen-bond donors (Lipinski definition) is 1. The highest BCUT2D eigenvalue weighted by Gasteiger charge is 2.31. The molecular weight excluding hydrogens is 432 g/mol. The molecule has 8 nitrogen and oxygen atoms in total. The molecule has 2 saturated heterocycles. The standard InChI is InChI=1S/C26H34N4O4/c1-17-18(2)30(15-20-7-6-12-34-20)26(22(17)14-27)28-25(31)16-29-11-5-8-23(29)21-13-19(32-3)9-10-24(21)33-4/h9-10,13,20,23H,5-8,11-12,15-16H2,1-4H3,(H,28,31).